The summed E-state index contributed by atoms with van der Waals surface area (Å²) >= 11 is 0. The Kier molecular flexibility index (Phi) is 1.96. The van der Waals surface area contributed by atoms with E-state index >= 15 is 0 Å². The van der Waals surface area contributed by atoms with Crippen molar-refractivity contribution >= 4 is 5.69 Å². The zero-order valence-corrected chi connectivity index (χ0v) is 7.39. The number of benzene rings is 1. The largest absolute Gasteiger partial charge is 0.398 e. The number of rotatable bonds is 1. The van der Waals surface area contributed by atoms with E-state index in [-0.39, 0.29) is 0 Å². The van der Waals surface area contributed by atoms with Crippen LogP contribution in [0.3, 0.4) is 0 Å². The number of hydrogen-bond donors (Lipinski definition) is 2. The van der Waals surface area contributed by atoms with Gasteiger partial charge in [-0.15, -0.1) is 0 Å². The highest BCUT2D eigenvalue weighted by atomic mass is 19.1. The van der Waals surface area contributed by atoms with Crippen molar-refractivity contribution in [2.75, 3.05) is 18.8 Å². The van der Waals surface area contributed by atoms with Gasteiger partial charge in [0.2, 0.25) is 0 Å². The Bertz CT molecular complexity index is 306. The molecule has 0 saturated carbocycles. The van der Waals surface area contributed by atoms with Crippen molar-refractivity contribution in [3.8, 4) is 0 Å². The third-order valence-electron chi connectivity index (χ3n) is 2.55. The normalized spacial score (nSPS) is 27.8. The van der Waals surface area contributed by atoms with Gasteiger partial charge in [0.05, 0.1) is 0 Å². The van der Waals surface area contributed by atoms with E-state index in [0.717, 1.165) is 6.54 Å². The van der Waals surface area contributed by atoms with Crippen LogP contribution in [0.15, 0.2) is 24.3 Å². The van der Waals surface area contributed by atoms with Crippen LogP contribution in [0.5, 0.6) is 0 Å². The van der Waals surface area contributed by atoms with Crippen molar-refractivity contribution < 1.29 is 4.39 Å². The van der Waals surface area contributed by atoms with Crippen LogP contribution in [0, 0.1) is 0 Å². The van der Waals surface area contributed by atoms with Crippen LogP contribution in [-0.4, -0.2) is 13.1 Å². The lowest BCUT2D eigenvalue weighted by Gasteiger charge is -2.20. The molecule has 3 heteroatoms. The number of nitrogens with two attached hydrogens (primary N) is 1. The number of para-hydroxylation sites is 1. The Balaban J connectivity index is 2.39. The highest BCUT2D eigenvalue weighted by molar-refractivity contribution is 5.50. The van der Waals surface area contributed by atoms with E-state index in [0.29, 0.717) is 24.2 Å². The molecule has 1 aliphatic rings. The van der Waals surface area contributed by atoms with E-state index in [9.17, 15) is 4.39 Å². The standard InChI is InChI=1S/C10H13FN2/c11-10(5-6-13-7-10)8-3-1-2-4-9(8)12/h1-4,13H,5-7,12H2. The minimum Gasteiger partial charge on any atom is -0.398 e. The van der Waals surface area contributed by atoms with Crippen LogP contribution in [0.1, 0.15) is 12.0 Å². The highest BCUT2D eigenvalue weighted by Crippen LogP contribution is 2.35. The lowest BCUT2D eigenvalue weighted by Crippen LogP contribution is -2.24. The molecule has 1 fully saturated rings. The van der Waals surface area contributed by atoms with Gasteiger partial charge in [0, 0.05) is 17.8 Å². The molecule has 1 saturated heterocycles. The monoisotopic (exact) mass is 180 g/mol. The summed E-state index contributed by atoms with van der Waals surface area (Å²) in [7, 11) is 0. The molecule has 1 unspecified atom stereocenters. The molecule has 3 N–H and O–H groups in total. The van der Waals surface area contributed by atoms with E-state index in [4.69, 9.17) is 5.73 Å². The quantitative estimate of drug-likeness (QED) is 0.641. The molecule has 1 atom stereocenters. The zero-order chi connectivity index (χ0) is 9.31. The first-order valence-corrected chi connectivity index (χ1v) is 4.47. The SMILES string of the molecule is Nc1ccccc1C1(F)CCNC1. The minimum atomic E-state index is -1.26. The maximum Gasteiger partial charge on any atom is 0.151 e. The van der Waals surface area contributed by atoms with Crippen LogP contribution < -0.4 is 11.1 Å². The molecule has 1 aromatic rings. The molecule has 2 rings (SSSR count). The van der Waals surface area contributed by atoms with Gasteiger partial charge in [-0.05, 0) is 19.0 Å². The van der Waals surface area contributed by atoms with E-state index in [1.54, 1.807) is 12.1 Å². The van der Waals surface area contributed by atoms with Gasteiger partial charge >= 0.3 is 0 Å². The summed E-state index contributed by atoms with van der Waals surface area (Å²) in [5, 5.41) is 3.01. The summed E-state index contributed by atoms with van der Waals surface area (Å²) in [5.74, 6) is 0. The molecule has 1 aromatic carbocycles. The molecule has 0 spiro atoms. The van der Waals surface area contributed by atoms with Crippen LogP contribution in [-0.2, 0) is 5.67 Å². The maximum atomic E-state index is 14.2. The van der Waals surface area contributed by atoms with Crippen molar-refractivity contribution in [2.45, 2.75) is 12.1 Å². The van der Waals surface area contributed by atoms with Gasteiger partial charge in [-0.2, -0.15) is 0 Å². The second-order valence-electron chi connectivity index (χ2n) is 3.48. The van der Waals surface area contributed by atoms with Gasteiger partial charge < -0.3 is 11.1 Å². The van der Waals surface area contributed by atoms with Gasteiger partial charge in [-0.25, -0.2) is 4.39 Å². The Hall–Kier alpha value is -1.09. The summed E-state index contributed by atoms with van der Waals surface area (Å²) in [4.78, 5) is 0. The van der Waals surface area contributed by atoms with E-state index in [2.05, 4.69) is 5.32 Å². The van der Waals surface area contributed by atoms with Gasteiger partial charge in [-0.1, -0.05) is 18.2 Å². The third-order valence-corrected chi connectivity index (χ3v) is 2.55. The Morgan fingerprint density at radius 3 is 2.77 bits per heavy atom. The third kappa shape index (κ3) is 1.40. The first kappa shape index (κ1) is 8.51. The minimum absolute atomic E-state index is 0.376. The molecule has 0 aliphatic carbocycles. The number of halogens is 1. The molecular weight excluding hydrogens is 167 g/mol. The topological polar surface area (TPSA) is 38.0 Å². The molecule has 0 aromatic heterocycles. The van der Waals surface area contributed by atoms with Gasteiger partial charge in [0.25, 0.3) is 0 Å². The Morgan fingerprint density at radius 2 is 2.15 bits per heavy atom. The molecule has 0 amide bonds. The van der Waals surface area contributed by atoms with Gasteiger partial charge in [-0.3, -0.25) is 0 Å². The van der Waals surface area contributed by atoms with Crippen molar-refractivity contribution in [1.82, 2.24) is 5.32 Å². The van der Waals surface area contributed by atoms with Crippen molar-refractivity contribution in [1.29, 1.82) is 0 Å². The van der Waals surface area contributed by atoms with Crippen LogP contribution in [0.4, 0.5) is 10.1 Å². The predicted molar refractivity (Wildman–Crippen MR) is 51.1 cm³/mol. The molecule has 1 heterocycles. The fourth-order valence-corrected chi connectivity index (χ4v) is 1.80. The number of nitrogens with one attached hydrogen (secondary N) is 1. The molecule has 70 valence electrons. The summed E-state index contributed by atoms with van der Waals surface area (Å²) in [6, 6.07) is 7.16. The molecule has 0 bridgehead atoms. The average Bonchev–Trinajstić information content (AvgIpc) is 2.54. The molecule has 13 heavy (non-hydrogen) atoms. The van der Waals surface area contributed by atoms with Crippen molar-refractivity contribution in [2.24, 2.45) is 0 Å². The van der Waals surface area contributed by atoms with Crippen LogP contribution >= 0.6 is 0 Å². The Labute approximate surface area is 76.9 Å². The highest BCUT2D eigenvalue weighted by Gasteiger charge is 2.36. The lowest BCUT2D eigenvalue weighted by atomic mass is 9.93. The molecule has 0 radical (unpaired) electrons. The maximum absolute atomic E-state index is 14.2. The van der Waals surface area contributed by atoms with Gasteiger partial charge in [0.1, 0.15) is 0 Å². The van der Waals surface area contributed by atoms with Crippen molar-refractivity contribution in [3.63, 3.8) is 0 Å². The molecular formula is C10H13FN2. The Morgan fingerprint density at radius 1 is 1.38 bits per heavy atom. The molecule has 2 nitrogen and oxygen atoms in total. The predicted octanol–water partition coefficient (Wildman–Crippen LogP) is 1.43. The first-order valence-electron chi connectivity index (χ1n) is 4.47. The smallest absolute Gasteiger partial charge is 0.151 e. The summed E-state index contributed by atoms with van der Waals surface area (Å²) < 4.78 is 14.2. The zero-order valence-electron chi connectivity index (χ0n) is 7.39. The molecule has 1 aliphatic heterocycles. The van der Waals surface area contributed by atoms with Gasteiger partial charge in [0.15, 0.2) is 5.67 Å². The van der Waals surface area contributed by atoms with Crippen molar-refractivity contribution in [3.05, 3.63) is 29.8 Å². The average molecular weight is 180 g/mol. The number of anilines is 1. The number of alkyl halides is 1. The van der Waals surface area contributed by atoms with Crippen LogP contribution in [0.25, 0.3) is 0 Å². The fourth-order valence-electron chi connectivity index (χ4n) is 1.80. The summed E-state index contributed by atoms with van der Waals surface area (Å²) in [6.07, 6.45) is 0.515. The number of nitrogen functional groups attached to an aromatic ring is 1. The lowest BCUT2D eigenvalue weighted by molar-refractivity contribution is 0.194. The summed E-state index contributed by atoms with van der Waals surface area (Å²) in [6.45, 7) is 1.10. The fraction of sp³-hybridized carbons (Fsp3) is 0.400. The van der Waals surface area contributed by atoms with Crippen LogP contribution in [0.2, 0.25) is 0 Å². The summed E-state index contributed by atoms with van der Waals surface area (Å²) in [5.41, 5.74) is 5.63. The van der Waals surface area contributed by atoms with E-state index in [1.165, 1.54) is 0 Å². The second-order valence-corrected chi connectivity index (χ2v) is 3.48. The second kappa shape index (κ2) is 3.00. The number of hydrogen-bond acceptors (Lipinski definition) is 2. The van der Waals surface area contributed by atoms with E-state index < -0.39 is 5.67 Å². The van der Waals surface area contributed by atoms with E-state index in [1.807, 2.05) is 12.1 Å². The first-order chi connectivity index (χ1) is 6.22.